The Morgan fingerprint density at radius 3 is 2.55 bits per heavy atom. The van der Waals surface area contributed by atoms with Crippen molar-refractivity contribution in [1.82, 2.24) is 20.0 Å². The fourth-order valence-corrected chi connectivity index (χ4v) is 4.23. The second-order valence-corrected chi connectivity index (χ2v) is 8.21. The predicted octanol–water partition coefficient (Wildman–Crippen LogP) is 3.76. The molecule has 0 aliphatic carbocycles. The van der Waals surface area contributed by atoms with Gasteiger partial charge >= 0.3 is 0 Å². The van der Waals surface area contributed by atoms with Gasteiger partial charge in [0.15, 0.2) is 5.69 Å². The Labute approximate surface area is 186 Å². The zero-order valence-electron chi connectivity index (χ0n) is 17.4. The number of para-hydroxylation sites is 1. The highest BCUT2D eigenvalue weighted by Crippen LogP contribution is 2.26. The van der Waals surface area contributed by atoms with Gasteiger partial charge in [0.2, 0.25) is 5.43 Å². The first kappa shape index (κ1) is 21.3. The SMILES string of the molecule is Cc1cc(=O)c(C(=O)NCC(c2cccc(Cl)c2)N2CCCC2)nn1-c1ccccc1. The summed E-state index contributed by atoms with van der Waals surface area (Å²) in [4.78, 5) is 27.8. The molecule has 1 atom stereocenters. The van der Waals surface area contributed by atoms with Crippen molar-refractivity contribution in [1.29, 1.82) is 0 Å². The van der Waals surface area contributed by atoms with Crippen LogP contribution in [0.4, 0.5) is 0 Å². The van der Waals surface area contributed by atoms with Crippen LogP contribution in [0.15, 0.2) is 65.5 Å². The van der Waals surface area contributed by atoms with E-state index in [2.05, 4.69) is 15.3 Å². The molecule has 0 radical (unpaired) electrons. The maximum absolute atomic E-state index is 12.9. The van der Waals surface area contributed by atoms with E-state index in [0.717, 1.165) is 37.2 Å². The van der Waals surface area contributed by atoms with Gasteiger partial charge < -0.3 is 5.32 Å². The lowest BCUT2D eigenvalue weighted by atomic mass is 10.1. The fourth-order valence-electron chi connectivity index (χ4n) is 4.03. The minimum absolute atomic E-state index is 0.00746. The van der Waals surface area contributed by atoms with E-state index in [0.29, 0.717) is 17.3 Å². The third-order valence-electron chi connectivity index (χ3n) is 5.59. The highest BCUT2D eigenvalue weighted by molar-refractivity contribution is 6.30. The molecule has 4 rings (SSSR count). The molecule has 1 unspecified atom stereocenters. The summed E-state index contributed by atoms with van der Waals surface area (Å²) in [6.07, 6.45) is 2.26. The van der Waals surface area contributed by atoms with Gasteiger partial charge in [-0.3, -0.25) is 14.5 Å². The molecule has 31 heavy (non-hydrogen) atoms. The Hall–Kier alpha value is -2.96. The number of rotatable bonds is 6. The molecule has 2 heterocycles. The number of nitrogens with zero attached hydrogens (tertiary/aromatic N) is 3. The van der Waals surface area contributed by atoms with Crippen LogP contribution in [0.25, 0.3) is 5.69 Å². The minimum Gasteiger partial charge on any atom is -0.349 e. The van der Waals surface area contributed by atoms with E-state index in [-0.39, 0.29) is 17.2 Å². The van der Waals surface area contributed by atoms with Gasteiger partial charge in [0.05, 0.1) is 11.7 Å². The highest BCUT2D eigenvalue weighted by Gasteiger charge is 2.25. The first-order chi connectivity index (χ1) is 15.0. The van der Waals surface area contributed by atoms with E-state index in [1.54, 1.807) is 11.6 Å². The molecule has 3 aromatic rings. The molecule has 160 valence electrons. The van der Waals surface area contributed by atoms with Crippen LogP contribution in [-0.2, 0) is 0 Å². The third-order valence-corrected chi connectivity index (χ3v) is 5.83. The van der Waals surface area contributed by atoms with Crippen molar-refractivity contribution >= 4 is 17.5 Å². The van der Waals surface area contributed by atoms with E-state index in [1.807, 2.05) is 54.6 Å². The van der Waals surface area contributed by atoms with Crippen molar-refractivity contribution in [3.8, 4) is 5.69 Å². The lowest BCUT2D eigenvalue weighted by molar-refractivity contribution is 0.0930. The smallest absolute Gasteiger partial charge is 0.275 e. The summed E-state index contributed by atoms with van der Waals surface area (Å²) in [5, 5.41) is 7.96. The van der Waals surface area contributed by atoms with Crippen molar-refractivity contribution < 1.29 is 4.79 Å². The predicted molar refractivity (Wildman–Crippen MR) is 122 cm³/mol. The number of aryl methyl sites for hydroxylation is 1. The maximum Gasteiger partial charge on any atom is 0.275 e. The van der Waals surface area contributed by atoms with Gasteiger partial charge in [0, 0.05) is 23.3 Å². The van der Waals surface area contributed by atoms with E-state index < -0.39 is 5.91 Å². The number of carbonyl (C=O) groups is 1. The van der Waals surface area contributed by atoms with Gasteiger partial charge in [-0.25, -0.2) is 4.68 Å². The Balaban J connectivity index is 1.57. The molecule has 1 saturated heterocycles. The van der Waals surface area contributed by atoms with Crippen LogP contribution < -0.4 is 10.7 Å². The molecular weight excluding hydrogens is 412 g/mol. The first-order valence-electron chi connectivity index (χ1n) is 10.5. The first-order valence-corrected chi connectivity index (χ1v) is 10.8. The van der Waals surface area contributed by atoms with Crippen molar-refractivity contribution in [3.63, 3.8) is 0 Å². The van der Waals surface area contributed by atoms with Crippen LogP contribution >= 0.6 is 11.6 Å². The van der Waals surface area contributed by atoms with E-state index in [9.17, 15) is 9.59 Å². The zero-order chi connectivity index (χ0) is 21.8. The summed E-state index contributed by atoms with van der Waals surface area (Å²) in [5.41, 5.74) is 2.01. The van der Waals surface area contributed by atoms with Crippen LogP contribution in [0, 0.1) is 6.92 Å². The number of benzene rings is 2. The number of amides is 1. The number of hydrogen-bond acceptors (Lipinski definition) is 4. The number of aromatic nitrogens is 2. The molecule has 1 amide bonds. The molecule has 0 spiro atoms. The van der Waals surface area contributed by atoms with Gasteiger partial charge in [-0.15, -0.1) is 0 Å². The van der Waals surface area contributed by atoms with Crippen molar-refractivity contribution in [3.05, 3.63) is 92.9 Å². The highest BCUT2D eigenvalue weighted by atomic mass is 35.5. The van der Waals surface area contributed by atoms with Crippen LogP contribution in [-0.4, -0.2) is 40.2 Å². The van der Waals surface area contributed by atoms with Crippen LogP contribution in [0.1, 0.15) is 40.6 Å². The maximum atomic E-state index is 12.9. The second-order valence-electron chi connectivity index (χ2n) is 7.77. The van der Waals surface area contributed by atoms with Crippen LogP contribution in [0.2, 0.25) is 5.02 Å². The molecule has 1 aliphatic rings. The van der Waals surface area contributed by atoms with E-state index >= 15 is 0 Å². The summed E-state index contributed by atoms with van der Waals surface area (Å²) in [6.45, 7) is 4.11. The van der Waals surface area contributed by atoms with E-state index in [4.69, 9.17) is 11.6 Å². The number of hydrogen-bond donors (Lipinski definition) is 1. The number of nitrogens with one attached hydrogen (secondary N) is 1. The Morgan fingerprint density at radius 2 is 1.84 bits per heavy atom. The van der Waals surface area contributed by atoms with Gasteiger partial charge in [-0.1, -0.05) is 41.9 Å². The van der Waals surface area contributed by atoms with Gasteiger partial charge in [-0.2, -0.15) is 5.10 Å². The fraction of sp³-hybridized carbons (Fsp3) is 0.292. The van der Waals surface area contributed by atoms with Gasteiger partial charge in [0.25, 0.3) is 5.91 Å². The Kier molecular flexibility index (Phi) is 6.49. The topological polar surface area (TPSA) is 67.2 Å². The number of halogens is 1. The van der Waals surface area contributed by atoms with Crippen LogP contribution in [0.5, 0.6) is 0 Å². The van der Waals surface area contributed by atoms with Crippen molar-refractivity contribution in [2.24, 2.45) is 0 Å². The lowest BCUT2D eigenvalue weighted by Crippen LogP contribution is -2.39. The van der Waals surface area contributed by atoms with Gasteiger partial charge in [-0.05, 0) is 62.7 Å². The lowest BCUT2D eigenvalue weighted by Gasteiger charge is -2.28. The minimum atomic E-state index is -0.471. The average molecular weight is 437 g/mol. The molecule has 6 nitrogen and oxygen atoms in total. The second kappa shape index (κ2) is 9.45. The molecular formula is C24H25ClN4O2. The molecule has 0 bridgehead atoms. The molecule has 0 saturated carbocycles. The molecule has 2 aromatic carbocycles. The summed E-state index contributed by atoms with van der Waals surface area (Å²) >= 11 is 6.21. The summed E-state index contributed by atoms with van der Waals surface area (Å²) in [6, 6.07) is 18.6. The van der Waals surface area contributed by atoms with Gasteiger partial charge in [0.1, 0.15) is 0 Å². The molecule has 7 heteroatoms. The summed E-state index contributed by atoms with van der Waals surface area (Å²) in [5.74, 6) is -0.471. The Bertz CT molecular complexity index is 1120. The largest absolute Gasteiger partial charge is 0.349 e. The zero-order valence-corrected chi connectivity index (χ0v) is 18.2. The number of carbonyl (C=O) groups excluding carboxylic acids is 1. The quantitative estimate of drug-likeness (QED) is 0.638. The average Bonchev–Trinajstić information content (AvgIpc) is 3.29. The third kappa shape index (κ3) is 4.86. The molecule has 1 N–H and O–H groups in total. The van der Waals surface area contributed by atoms with E-state index in [1.165, 1.54) is 6.07 Å². The van der Waals surface area contributed by atoms with Crippen molar-refractivity contribution in [2.45, 2.75) is 25.8 Å². The summed E-state index contributed by atoms with van der Waals surface area (Å²) in [7, 11) is 0. The Morgan fingerprint density at radius 1 is 1.10 bits per heavy atom. The molecule has 1 aromatic heterocycles. The van der Waals surface area contributed by atoms with Crippen LogP contribution in [0.3, 0.4) is 0 Å². The molecule has 1 fully saturated rings. The van der Waals surface area contributed by atoms with Crippen molar-refractivity contribution in [2.75, 3.05) is 19.6 Å². The molecule has 1 aliphatic heterocycles. The summed E-state index contributed by atoms with van der Waals surface area (Å²) < 4.78 is 1.62. The number of likely N-dealkylation sites (tertiary alicyclic amines) is 1. The monoisotopic (exact) mass is 436 g/mol. The standard InChI is InChI=1S/C24H25ClN4O2/c1-17-14-22(30)23(27-29(17)20-10-3-2-4-11-20)24(31)26-16-21(28-12-5-6-13-28)18-8-7-9-19(25)15-18/h2-4,7-11,14-15,21H,5-6,12-13,16H2,1H3,(H,26,31). The normalized spacial score (nSPS) is 15.0.